The Labute approximate surface area is 148 Å². The summed E-state index contributed by atoms with van der Waals surface area (Å²) in [5.74, 6) is -0.711. The van der Waals surface area contributed by atoms with Crippen molar-refractivity contribution in [2.75, 3.05) is 13.1 Å². The highest BCUT2D eigenvalue weighted by atomic mass is 32.2. The second-order valence-electron chi connectivity index (χ2n) is 6.70. The van der Waals surface area contributed by atoms with E-state index in [2.05, 4.69) is 0 Å². The fourth-order valence-electron chi connectivity index (χ4n) is 3.35. The molecule has 6 nitrogen and oxygen atoms in total. The normalized spacial score (nSPS) is 22.1. The van der Waals surface area contributed by atoms with Crippen molar-refractivity contribution in [3.63, 3.8) is 0 Å². The van der Waals surface area contributed by atoms with Crippen LogP contribution in [0.5, 0.6) is 0 Å². The molecule has 2 aliphatic rings. The number of Topliss-reactive ketones (excluding diaryl/α,β-unsaturated/α-hetero) is 1. The van der Waals surface area contributed by atoms with E-state index in [4.69, 9.17) is 4.74 Å². The third-order valence-corrected chi connectivity index (χ3v) is 6.90. The van der Waals surface area contributed by atoms with Crippen LogP contribution in [0, 0.1) is 6.92 Å². The first-order chi connectivity index (χ1) is 11.9. The first kappa shape index (κ1) is 18.1. The Bertz CT molecular complexity index is 781. The predicted molar refractivity (Wildman–Crippen MR) is 91.9 cm³/mol. The molecule has 7 heteroatoms. The summed E-state index contributed by atoms with van der Waals surface area (Å²) in [7, 11) is -3.63. The molecule has 1 heterocycles. The van der Waals surface area contributed by atoms with Crippen molar-refractivity contribution in [2.24, 2.45) is 0 Å². The van der Waals surface area contributed by atoms with Gasteiger partial charge in [0.25, 0.3) is 0 Å². The molecule has 1 aromatic carbocycles. The van der Waals surface area contributed by atoms with Gasteiger partial charge in [-0.05, 0) is 50.3 Å². The van der Waals surface area contributed by atoms with Crippen molar-refractivity contribution < 1.29 is 22.7 Å². The topological polar surface area (TPSA) is 80.8 Å². The van der Waals surface area contributed by atoms with Gasteiger partial charge in [-0.15, -0.1) is 0 Å². The molecule has 0 amide bonds. The summed E-state index contributed by atoms with van der Waals surface area (Å²) in [6.07, 6.45) is 3.73. The van der Waals surface area contributed by atoms with Crippen LogP contribution in [0.4, 0.5) is 0 Å². The highest BCUT2D eigenvalue weighted by molar-refractivity contribution is 7.89. The number of hydrogen-bond acceptors (Lipinski definition) is 5. The predicted octanol–water partition coefficient (Wildman–Crippen LogP) is 2.45. The Hall–Kier alpha value is -1.73. The molecule has 1 atom stereocenters. The average molecular weight is 365 g/mol. The molecule has 1 saturated heterocycles. The summed E-state index contributed by atoms with van der Waals surface area (Å²) >= 11 is 0. The van der Waals surface area contributed by atoms with Crippen LogP contribution in [0.1, 0.15) is 54.4 Å². The van der Waals surface area contributed by atoms with Crippen LogP contribution < -0.4 is 0 Å². The Kier molecular flexibility index (Phi) is 5.24. The van der Waals surface area contributed by atoms with E-state index in [9.17, 15) is 18.0 Å². The van der Waals surface area contributed by atoms with Gasteiger partial charge in [0.05, 0.1) is 10.5 Å². The maximum Gasteiger partial charge on any atom is 0.338 e. The van der Waals surface area contributed by atoms with Gasteiger partial charge in [0, 0.05) is 19.5 Å². The zero-order valence-electron chi connectivity index (χ0n) is 14.4. The minimum absolute atomic E-state index is 0.0679. The van der Waals surface area contributed by atoms with Crippen LogP contribution in [-0.2, 0) is 19.6 Å². The van der Waals surface area contributed by atoms with Gasteiger partial charge in [0.1, 0.15) is 0 Å². The maximum absolute atomic E-state index is 12.9. The van der Waals surface area contributed by atoms with E-state index in [-0.39, 0.29) is 16.2 Å². The lowest BCUT2D eigenvalue weighted by Crippen LogP contribution is -2.36. The van der Waals surface area contributed by atoms with Gasteiger partial charge in [-0.3, -0.25) is 4.79 Å². The van der Waals surface area contributed by atoms with Crippen LogP contribution in [0.2, 0.25) is 0 Å². The van der Waals surface area contributed by atoms with Crippen molar-refractivity contribution in [3.05, 3.63) is 29.3 Å². The Morgan fingerprint density at radius 1 is 1.16 bits per heavy atom. The van der Waals surface area contributed by atoms with Gasteiger partial charge >= 0.3 is 5.97 Å². The number of ether oxygens (including phenoxy) is 1. The number of hydrogen-bond donors (Lipinski definition) is 0. The van der Waals surface area contributed by atoms with Gasteiger partial charge in [-0.25, -0.2) is 13.2 Å². The zero-order chi connectivity index (χ0) is 18.0. The summed E-state index contributed by atoms with van der Waals surface area (Å²) < 4.78 is 32.5. The molecule has 2 fully saturated rings. The minimum Gasteiger partial charge on any atom is -0.451 e. The molecule has 136 valence electrons. The lowest BCUT2D eigenvalue weighted by Gasteiger charge is -2.26. The van der Waals surface area contributed by atoms with Crippen molar-refractivity contribution in [2.45, 2.75) is 56.4 Å². The van der Waals surface area contributed by atoms with E-state index in [0.29, 0.717) is 31.5 Å². The monoisotopic (exact) mass is 365 g/mol. The molecule has 0 radical (unpaired) electrons. The van der Waals surface area contributed by atoms with Gasteiger partial charge in [-0.1, -0.05) is 12.5 Å². The lowest BCUT2D eigenvalue weighted by atomic mass is 10.1. The van der Waals surface area contributed by atoms with E-state index in [1.807, 2.05) is 0 Å². The third kappa shape index (κ3) is 3.77. The zero-order valence-corrected chi connectivity index (χ0v) is 15.2. The van der Waals surface area contributed by atoms with Gasteiger partial charge < -0.3 is 4.74 Å². The summed E-state index contributed by atoms with van der Waals surface area (Å²) in [6.45, 7) is 2.73. The second kappa shape index (κ2) is 7.25. The number of esters is 1. The van der Waals surface area contributed by atoms with Gasteiger partial charge in [0.2, 0.25) is 10.0 Å². The molecule has 0 spiro atoms. The Morgan fingerprint density at radius 3 is 2.52 bits per heavy atom. The third-order valence-electron chi connectivity index (χ3n) is 4.85. The number of rotatable bonds is 4. The lowest BCUT2D eigenvalue weighted by molar-refractivity contribution is -0.124. The second-order valence-corrected chi connectivity index (χ2v) is 8.60. The number of aryl methyl sites for hydroxylation is 1. The van der Waals surface area contributed by atoms with Gasteiger partial charge in [-0.2, -0.15) is 4.31 Å². The molecule has 3 rings (SSSR count). The number of sulfonamides is 1. The molecular formula is C18H23NO5S. The van der Waals surface area contributed by atoms with E-state index in [0.717, 1.165) is 25.7 Å². The molecule has 0 N–H and O–H groups in total. The largest absolute Gasteiger partial charge is 0.451 e. The highest BCUT2D eigenvalue weighted by Gasteiger charge is 2.30. The number of ketones is 1. The van der Waals surface area contributed by atoms with Crippen LogP contribution in [0.25, 0.3) is 0 Å². The fraction of sp³-hybridized carbons (Fsp3) is 0.556. The van der Waals surface area contributed by atoms with Crippen LogP contribution in [0.3, 0.4) is 0 Å². The number of benzene rings is 1. The molecule has 1 aromatic rings. The van der Waals surface area contributed by atoms with Crippen molar-refractivity contribution in [1.29, 1.82) is 0 Å². The molecule has 0 bridgehead atoms. The van der Waals surface area contributed by atoms with E-state index >= 15 is 0 Å². The van der Waals surface area contributed by atoms with E-state index in [1.54, 1.807) is 19.1 Å². The molecule has 0 unspecified atom stereocenters. The molecule has 1 aliphatic heterocycles. The highest BCUT2D eigenvalue weighted by Crippen LogP contribution is 2.25. The fourth-order valence-corrected chi connectivity index (χ4v) is 5.12. The SMILES string of the molecule is Cc1ccc(C(=O)O[C@H]2CCCC2=O)cc1S(=O)(=O)N1CCCCC1. The molecular weight excluding hydrogens is 342 g/mol. The molecule has 1 aliphatic carbocycles. The molecule has 0 aromatic heterocycles. The van der Waals surface area contributed by atoms with Crippen molar-refractivity contribution >= 4 is 21.8 Å². The van der Waals surface area contributed by atoms with E-state index in [1.165, 1.54) is 10.4 Å². The van der Waals surface area contributed by atoms with Crippen LogP contribution in [0.15, 0.2) is 23.1 Å². The average Bonchev–Trinajstić information content (AvgIpc) is 3.00. The summed E-state index contributed by atoms with van der Waals surface area (Å²) in [5.41, 5.74) is 0.764. The standard InChI is InChI=1S/C18H23NO5S/c1-13-8-9-14(18(21)24-16-7-5-6-15(16)20)12-17(13)25(22,23)19-10-3-2-4-11-19/h8-9,12,16H,2-7,10-11H2,1H3/t16-/m0/s1. The quantitative estimate of drug-likeness (QED) is 0.766. The number of carbonyl (C=O) groups excluding carboxylic acids is 2. The summed E-state index contributed by atoms with van der Waals surface area (Å²) in [6, 6.07) is 4.54. The smallest absolute Gasteiger partial charge is 0.338 e. The first-order valence-corrected chi connectivity index (χ1v) is 10.2. The van der Waals surface area contributed by atoms with Gasteiger partial charge in [0.15, 0.2) is 11.9 Å². The Morgan fingerprint density at radius 2 is 1.88 bits per heavy atom. The summed E-state index contributed by atoms with van der Waals surface area (Å²) in [5, 5.41) is 0. The number of carbonyl (C=O) groups is 2. The maximum atomic E-state index is 12.9. The molecule has 1 saturated carbocycles. The van der Waals surface area contributed by atoms with Crippen molar-refractivity contribution in [3.8, 4) is 0 Å². The first-order valence-electron chi connectivity index (χ1n) is 8.74. The molecule has 25 heavy (non-hydrogen) atoms. The van der Waals surface area contributed by atoms with E-state index < -0.39 is 22.1 Å². The van der Waals surface area contributed by atoms with Crippen molar-refractivity contribution in [1.82, 2.24) is 4.31 Å². The Balaban J connectivity index is 1.84. The minimum atomic E-state index is -3.63. The number of piperidine rings is 1. The van der Waals surface area contributed by atoms with Crippen LogP contribution in [-0.4, -0.2) is 43.7 Å². The number of nitrogens with zero attached hydrogens (tertiary/aromatic N) is 1. The van der Waals surface area contributed by atoms with Crippen LogP contribution >= 0.6 is 0 Å². The summed E-state index contributed by atoms with van der Waals surface area (Å²) in [4.78, 5) is 24.1.